The largest absolute Gasteiger partial charge is 0.494 e. The zero-order valence-corrected chi connectivity index (χ0v) is 20.3. The van der Waals surface area contributed by atoms with Gasteiger partial charge in [0.25, 0.3) is 5.91 Å². The number of fused-ring (bicyclic) bond motifs is 2. The van der Waals surface area contributed by atoms with E-state index in [4.69, 9.17) is 20.8 Å². The predicted octanol–water partition coefficient (Wildman–Crippen LogP) is 6.47. The maximum atomic E-state index is 13.7. The number of amides is 1. The minimum Gasteiger partial charge on any atom is -0.494 e. The first-order valence-electron chi connectivity index (χ1n) is 11.7. The molecule has 0 N–H and O–H groups in total. The van der Waals surface area contributed by atoms with Crippen molar-refractivity contribution in [3.05, 3.63) is 98.5 Å². The van der Waals surface area contributed by atoms with Gasteiger partial charge in [-0.05, 0) is 66.9 Å². The minimum atomic E-state index is -0.717. The van der Waals surface area contributed by atoms with Crippen molar-refractivity contribution in [2.45, 2.75) is 39.2 Å². The van der Waals surface area contributed by atoms with Gasteiger partial charge in [-0.3, -0.25) is 14.5 Å². The van der Waals surface area contributed by atoms with Crippen LogP contribution in [0.25, 0.3) is 11.0 Å². The van der Waals surface area contributed by atoms with Crippen molar-refractivity contribution in [2.75, 3.05) is 11.5 Å². The van der Waals surface area contributed by atoms with Gasteiger partial charge in [0.2, 0.25) is 5.76 Å². The van der Waals surface area contributed by atoms with Gasteiger partial charge in [0, 0.05) is 11.2 Å². The third kappa shape index (κ3) is 4.30. The molecule has 3 heterocycles. The Morgan fingerprint density at radius 1 is 1.09 bits per heavy atom. The monoisotopic (exact) mass is 488 g/mol. The highest BCUT2D eigenvalue weighted by molar-refractivity contribution is 6.31. The molecule has 0 spiro atoms. The fourth-order valence-electron chi connectivity index (χ4n) is 4.47. The Balaban J connectivity index is 1.68. The van der Waals surface area contributed by atoms with Crippen LogP contribution in [0.2, 0.25) is 5.02 Å². The molecule has 1 unspecified atom stereocenters. The summed E-state index contributed by atoms with van der Waals surface area (Å²) in [6.07, 6.45) is 4.81. The molecule has 2 aromatic heterocycles. The molecular formula is C28H25ClN2O4. The molecule has 0 aliphatic carbocycles. The molecule has 0 saturated heterocycles. The van der Waals surface area contributed by atoms with E-state index in [1.165, 1.54) is 4.90 Å². The average molecular weight is 489 g/mol. The van der Waals surface area contributed by atoms with Crippen LogP contribution in [0.3, 0.4) is 0 Å². The summed E-state index contributed by atoms with van der Waals surface area (Å²) in [5.41, 5.74) is 1.99. The molecule has 6 nitrogen and oxygen atoms in total. The Hall–Kier alpha value is -3.64. The Morgan fingerprint density at radius 3 is 2.74 bits per heavy atom. The summed E-state index contributed by atoms with van der Waals surface area (Å²) >= 11 is 6.17. The Labute approximate surface area is 208 Å². The van der Waals surface area contributed by atoms with E-state index in [1.54, 1.807) is 24.4 Å². The van der Waals surface area contributed by atoms with Crippen molar-refractivity contribution in [3.63, 3.8) is 0 Å². The lowest BCUT2D eigenvalue weighted by molar-refractivity contribution is 0.0970. The van der Waals surface area contributed by atoms with Crippen molar-refractivity contribution in [1.82, 2.24) is 4.98 Å². The third-order valence-electron chi connectivity index (χ3n) is 6.17. The lowest BCUT2D eigenvalue weighted by Crippen LogP contribution is -2.30. The summed E-state index contributed by atoms with van der Waals surface area (Å²) in [7, 11) is 0. The van der Waals surface area contributed by atoms with Crippen molar-refractivity contribution in [3.8, 4) is 5.75 Å². The Kier molecular flexibility index (Phi) is 6.31. The van der Waals surface area contributed by atoms with Crippen molar-refractivity contribution in [1.29, 1.82) is 0 Å². The van der Waals surface area contributed by atoms with Crippen molar-refractivity contribution in [2.24, 2.45) is 0 Å². The molecule has 1 atom stereocenters. The lowest BCUT2D eigenvalue weighted by Gasteiger charge is -2.24. The topological polar surface area (TPSA) is 72.6 Å². The van der Waals surface area contributed by atoms with E-state index in [-0.39, 0.29) is 16.8 Å². The van der Waals surface area contributed by atoms with Crippen LogP contribution < -0.4 is 15.1 Å². The SMILES string of the molecule is CCCCCOc1cccc(C2c3c(oc4ccc(Cl)cc4c3=O)C(=O)N2c2cc(C)ccn2)c1. The molecule has 0 saturated carbocycles. The normalized spacial score (nSPS) is 15.0. The molecule has 35 heavy (non-hydrogen) atoms. The van der Waals surface area contributed by atoms with Crippen LogP contribution in [-0.4, -0.2) is 17.5 Å². The summed E-state index contributed by atoms with van der Waals surface area (Å²) in [6, 6.07) is 15.3. The van der Waals surface area contributed by atoms with E-state index < -0.39 is 11.9 Å². The molecule has 1 aliphatic heterocycles. The van der Waals surface area contributed by atoms with Crippen LogP contribution in [0, 0.1) is 6.92 Å². The summed E-state index contributed by atoms with van der Waals surface area (Å²) in [5.74, 6) is 0.741. The molecule has 0 fully saturated rings. The molecule has 5 rings (SSSR count). The summed E-state index contributed by atoms with van der Waals surface area (Å²) in [5, 5.41) is 0.755. The first-order valence-corrected chi connectivity index (χ1v) is 12.1. The Morgan fingerprint density at radius 2 is 1.94 bits per heavy atom. The molecule has 1 aliphatic rings. The van der Waals surface area contributed by atoms with Crippen LogP contribution >= 0.6 is 11.6 Å². The lowest BCUT2D eigenvalue weighted by atomic mass is 9.98. The number of hydrogen-bond donors (Lipinski definition) is 0. The number of hydrogen-bond acceptors (Lipinski definition) is 5. The first kappa shape index (κ1) is 23.1. The van der Waals surface area contributed by atoms with Gasteiger partial charge in [0.1, 0.15) is 17.2 Å². The van der Waals surface area contributed by atoms with Crippen LogP contribution in [0.1, 0.15) is 59.5 Å². The molecule has 0 radical (unpaired) electrons. The molecule has 4 aromatic rings. The maximum absolute atomic E-state index is 13.7. The molecule has 178 valence electrons. The molecular weight excluding hydrogens is 464 g/mol. The highest BCUT2D eigenvalue weighted by Gasteiger charge is 2.44. The van der Waals surface area contributed by atoms with Crippen LogP contribution in [0.5, 0.6) is 5.75 Å². The number of ether oxygens (including phenoxy) is 1. The number of pyridine rings is 1. The predicted molar refractivity (Wildman–Crippen MR) is 137 cm³/mol. The second-order valence-electron chi connectivity index (χ2n) is 8.71. The van der Waals surface area contributed by atoms with E-state index in [2.05, 4.69) is 11.9 Å². The highest BCUT2D eigenvalue weighted by atomic mass is 35.5. The molecule has 0 bridgehead atoms. The van der Waals surface area contributed by atoms with Gasteiger partial charge in [0.05, 0.1) is 23.6 Å². The van der Waals surface area contributed by atoms with E-state index in [0.717, 1.165) is 30.4 Å². The van der Waals surface area contributed by atoms with Crippen LogP contribution in [0.15, 0.2) is 70.0 Å². The number of carbonyl (C=O) groups excluding carboxylic acids is 1. The van der Waals surface area contributed by atoms with Gasteiger partial charge in [-0.25, -0.2) is 4.98 Å². The van der Waals surface area contributed by atoms with Crippen molar-refractivity contribution >= 4 is 34.3 Å². The first-order chi connectivity index (χ1) is 17.0. The summed E-state index contributed by atoms with van der Waals surface area (Å²) < 4.78 is 12.0. The van der Waals surface area contributed by atoms with E-state index in [1.807, 2.05) is 43.3 Å². The number of rotatable bonds is 7. The fraction of sp³-hybridized carbons (Fsp3) is 0.250. The second-order valence-corrected chi connectivity index (χ2v) is 9.15. The van der Waals surface area contributed by atoms with Gasteiger partial charge in [-0.2, -0.15) is 0 Å². The highest BCUT2D eigenvalue weighted by Crippen LogP contribution is 2.41. The molecule has 7 heteroatoms. The number of halogens is 1. The number of benzene rings is 2. The number of unbranched alkanes of at least 4 members (excludes halogenated alkanes) is 2. The number of carbonyl (C=O) groups is 1. The maximum Gasteiger partial charge on any atom is 0.296 e. The third-order valence-corrected chi connectivity index (χ3v) is 6.41. The Bertz CT molecular complexity index is 1480. The number of aryl methyl sites for hydroxylation is 1. The minimum absolute atomic E-state index is 0.0207. The number of anilines is 1. The van der Waals surface area contributed by atoms with E-state index >= 15 is 0 Å². The summed E-state index contributed by atoms with van der Waals surface area (Å²) in [4.78, 5) is 33.4. The van der Waals surface area contributed by atoms with E-state index in [0.29, 0.717) is 34.2 Å². The number of nitrogens with zero attached hydrogens (tertiary/aromatic N) is 2. The van der Waals surface area contributed by atoms with Gasteiger partial charge in [0.15, 0.2) is 5.43 Å². The van der Waals surface area contributed by atoms with Gasteiger partial charge in [-0.15, -0.1) is 0 Å². The van der Waals surface area contributed by atoms with Crippen molar-refractivity contribution < 1.29 is 13.9 Å². The van der Waals surface area contributed by atoms with Crippen LogP contribution in [0.4, 0.5) is 5.82 Å². The second kappa shape index (κ2) is 9.55. The van der Waals surface area contributed by atoms with Gasteiger partial charge >= 0.3 is 0 Å². The standard InChI is InChI=1S/C28H25ClN2O4/c1-3-4-5-13-34-20-8-6-7-18(15-20)25-24-26(32)21-16-19(29)9-10-22(21)35-27(24)28(33)31(25)23-14-17(2)11-12-30-23/h6-12,14-16,25H,3-5,13H2,1-2H3. The fourth-order valence-corrected chi connectivity index (χ4v) is 4.64. The van der Waals surface area contributed by atoms with Crippen LogP contribution in [-0.2, 0) is 0 Å². The zero-order valence-electron chi connectivity index (χ0n) is 19.6. The molecule has 2 aromatic carbocycles. The van der Waals surface area contributed by atoms with E-state index in [9.17, 15) is 9.59 Å². The zero-order chi connectivity index (χ0) is 24.5. The van der Waals surface area contributed by atoms with Gasteiger partial charge < -0.3 is 9.15 Å². The average Bonchev–Trinajstić information content (AvgIpc) is 3.15. The summed E-state index contributed by atoms with van der Waals surface area (Å²) in [6.45, 7) is 4.68. The quantitative estimate of drug-likeness (QED) is 0.279. The number of aromatic nitrogens is 1. The smallest absolute Gasteiger partial charge is 0.296 e. The molecule has 1 amide bonds. The van der Waals surface area contributed by atoms with Gasteiger partial charge in [-0.1, -0.05) is 43.5 Å².